The van der Waals surface area contributed by atoms with E-state index in [1.165, 1.54) is 4.80 Å². The molecule has 0 saturated heterocycles. The minimum Gasteiger partial charge on any atom is -0.303 e. The monoisotopic (exact) mass is 188 g/mol. The van der Waals surface area contributed by atoms with E-state index < -0.39 is 0 Å². The predicted molar refractivity (Wildman–Crippen MR) is 48.9 cm³/mol. The molecule has 1 heterocycles. The molecule has 0 unspecified atom stereocenters. The molecule has 0 spiro atoms. The van der Waals surface area contributed by atoms with Gasteiger partial charge < -0.3 is 4.79 Å². The van der Waals surface area contributed by atoms with Crippen LogP contribution in [0.5, 0.6) is 0 Å². The first kappa shape index (κ1) is 8.55. The number of carbonyl (C=O) groups is 1. The predicted octanol–water partition coefficient (Wildman–Crippen LogP) is 0.404. The summed E-state index contributed by atoms with van der Waals surface area (Å²) in [7, 11) is 0. The molecular formula is C9H8N4O. The van der Waals surface area contributed by atoms with Crippen molar-refractivity contribution in [2.45, 2.75) is 6.42 Å². The van der Waals surface area contributed by atoms with Gasteiger partial charge in [0.2, 0.25) is 0 Å². The topological polar surface area (TPSA) is 60.7 Å². The summed E-state index contributed by atoms with van der Waals surface area (Å²) >= 11 is 0. The average molecular weight is 188 g/mol. The second-order valence-electron chi connectivity index (χ2n) is 2.70. The van der Waals surface area contributed by atoms with Gasteiger partial charge >= 0.3 is 0 Å². The summed E-state index contributed by atoms with van der Waals surface area (Å²) < 4.78 is 0. The van der Waals surface area contributed by atoms with Crippen molar-refractivity contribution in [1.29, 1.82) is 0 Å². The summed E-state index contributed by atoms with van der Waals surface area (Å²) in [5.74, 6) is 0.434. The van der Waals surface area contributed by atoms with E-state index in [0.29, 0.717) is 5.82 Å². The van der Waals surface area contributed by atoms with Gasteiger partial charge in [0.15, 0.2) is 5.82 Å². The highest BCUT2D eigenvalue weighted by atomic mass is 16.1. The van der Waals surface area contributed by atoms with Crippen LogP contribution in [0, 0.1) is 0 Å². The molecule has 0 amide bonds. The molecule has 0 aliphatic carbocycles. The molecule has 0 aliphatic rings. The zero-order valence-corrected chi connectivity index (χ0v) is 7.37. The largest absolute Gasteiger partial charge is 0.303 e. The molecule has 2 rings (SSSR count). The molecule has 5 heteroatoms. The standard InChI is InChI=1S/C9H8N4O/c14-7-6-9-10-12-13(11-9)8-4-2-1-3-5-8/h1-5,7H,6H2. The van der Waals surface area contributed by atoms with E-state index in [9.17, 15) is 4.79 Å². The van der Waals surface area contributed by atoms with Gasteiger partial charge in [0.25, 0.3) is 0 Å². The highest BCUT2D eigenvalue weighted by Crippen LogP contribution is 2.02. The van der Waals surface area contributed by atoms with E-state index >= 15 is 0 Å². The Bertz CT molecular complexity index is 423. The molecule has 0 N–H and O–H groups in total. The maximum absolute atomic E-state index is 10.2. The van der Waals surface area contributed by atoms with Gasteiger partial charge in [-0.15, -0.1) is 15.0 Å². The number of carbonyl (C=O) groups excluding carboxylic acids is 1. The Kier molecular flexibility index (Phi) is 2.31. The molecule has 0 saturated carbocycles. The van der Waals surface area contributed by atoms with Gasteiger partial charge in [0, 0.05) is 0 Å². The van der Waals surface area contributed by atoms with Crippen molar-refractivity contribution in [2.75, 3.05) is 0 Å². The Hall–Kier alpha value is -2.04. The number of hydrogen-bond acceptors (Lipinski definition) is 4. The number of rotatable bonds is 3. The number of aldehydes is 1. The van der Waals surface area contributed by atoms with Crippen LogP contribution in [0.15, 0.2) is 30.3 Å². The molecule has 0 atom stereocenters. The Labute approximate surface area is 80.4 Å². The van der Waals surface area contributed by atoms with Crippen molar-refractivity contribution in [2.24, 2.45) is 0 Å². The van der Waals surface area contributed by atoms with E-state index in [1.807, 2.05) is 30.3 Å². The van der Waals surface area contributed by atoms with Gasteiger partial charge in [-0.2, -0.15) is 0 Å². The summed E-state index contributed by atoms with van der Waals surface area (Å²) in [6.07, 6.45) is 0.958. The fourth-order valence-corrected chi connectivity index (χ4v) is 1.07. The Morgan fingerprint density at radius 3 is 2.79 bits per heavy atom. The van der Waals surface area contributed by atoms with Crippen LogP contribution in [0.25, 0.3) is 5.69 Å². The third kappa shape index (κ3) is 1.66. The van der Waals surface area contributed by atoms with Crippen LogP contribution in [-0.2, 0) is 11.2 Å². The van der Waals surface area contributed by atoms with Crippen LogP contribution >= 0.6 is 0 Å². The summed E-state index contributed by atoms with van der Waals surface area (Å²) in [5, 5.41) is 11.6. The first-order valence-electron chi connectivity index (χ1n) is 4.18. The normalized spacial score (nSPS) is 10.0. The van der Waals surface area contributed by atoms with E-state index in [2.05, 4.69) is 15.4 Å². The van der Waals surface area contributed by atoms with Gasteiger partial charge in [-0.05, 0) is 17.3 Å². The molecule has 2 aromatic rings. The SMILES string of the molecule is O=CCc1nnn(-c2ccccc2)n1. The van der Waals surface area contributed by atoms with Crippen molar-refractivity contribution in [3.8, 4) is 5.69 Å². The number of nitrogens with zero attached hydrogens (tertiary/aromatic N) is 4. The van der Waals surface area contributed by atoms with E-state index in [4.69, 9.17) is 0 Å². The van der Waals surface area contributed by atoms with Crippen LogP contribution in [0.3, 0.4) is 0 Å². The van der Waals surface area contributed by atoms with Gasteiger partial charge in [-0.1, -0.05) is 18.2 Å². The average Bonchev–Trinajstić information content (AvgIpc) is 2.68. The Balaban J connectivity index is 2.29. The molecule has 70 valence electrons. The van der Waals surface area contributed by atoms with Crippen LogP contribution in [-0.4, -0.2) is 26.5 Å². The third-order valence-corrected chi connectivity index (χ3v) is 1.71. The first-order valence-corrected chi connectivity index (χ1v) is 4.18. The van der Waals surface area contributed by atoms with Crippen LogP contribution < -0.4 is 0 Å². The van der Waals surface area contributed by atoms with Crippen molar-refractivity contribution < 1.29 is 4.79 Å². The Morgan fingerprint density at radius 1 is 1.29 bits per heavy atom. The summed E-state index contributed by atoms with van der Waals surface area (Å²) in [6.45, 7) is 0. The second kappa shape index (κ2) is 3.78. The van der Waals surface area contributed by atoms with E-state index in [-0.39, 0.29) is 6.42 Å². The van der Waals surface area contributed by atoms with Crippen molar-refractivity contribution in [1.82, 2.24) is 20.2 Å². The molecule has 1 aromatic carbocycles. The van der Waals surface area contributed by atoms with Gasteiger partial charge in [-0.3, -0.25) is 0 Å². The van der Waals surface area contributed by atoms with Crippen LogP contribution in [0.4, 0.5) is 0 Å². The molecular weight excluding hydrogens is 180 g/mol. The number of para-hydroxylation sites is 1. The number of benzene rings is 1. The van der Waals surface area contributed by atoms with Crippen molar-refractivity contribution in [3.63, 3.8) is 0 Å². The zero-order valence-electron chi connectivity index (χ0n) is 7.37. The molecule has 0 aliphatic heterocycles. The fraction of sp³-hybridized carbons (Fsp3) is 0.111. The quantitative estimate of drug-likeness (QED) is 0.654. The molecule has 1 aromatic heterocycles. The lowest BCUT2D eigenvalue weighted by atomic mass is 10.3. The van der Waals surface area contributed by atoms with E-state index in [1.54, 1.807) is 0 Å². The summed E-state index contributed by atoms with van der Waals surface area (Å²) in [6, 6.07) is 9.42. The third-order valence-electron chi connectivity index (χ3n) is 1.71. The van der Waals surface area contributed by atoms with Gasteiger partial charge in [-0.25, -0.2) is 0 Å². The highest BCUT2D eigenvalue weighted by Gasteiger charge is 2.02. The lowest BCUT2D eigenvalue weighted by Gasteiger charge is -1.94. The fourth-order valence-electron chi connectivity index (χ4n) is 1.07. The zero-order chi connectivity index (χ0) is 9.80. The minimum atomic E-state index is 0.201. The van der Waals surface area contributed by atoms with E-state index in [0.717, 1.165) is 12.0 Å². The second-order valence-corrected chi connectivity index (χ2v) is 2.70. The molecule has 0 bridgehead atoms. The van der Waals surface area contributed by atoms with Crippen LogP contribution in [0.2, 0.25) is 0 Å². The number of tetrazole rings is 1. The Morgan fingerprint density at radius 2 is 2.07 bits per heavy atom. The minimum absolute atomic E-state index is 0.201. The van der Waals surface area contributed by atoms with Gasteiger partial charge in [0.05, 0.1) is 12.1 Å². The summed E-state index contributed by atoms with van der Waals surface area (Å²) in [5.41, 5.74) is 0.831. The van der Waals surface area contributed by atoms with Gasteiger partial charge in [0.1, 0.15) is 6.29 Å². The smallest absolute Gasteiger partial charge is 0.182 e. The molecule has 14 heavy (non-hydrogen) atoms. The molecule has 0 fully saturated rings. The van der Waals surface area contributed by atoms with Crippen molar-refractivity contribution >= 4 is 6.29 Å². The lowest BCUT2D eigenvalue weighted by Crippen LogP contribution is -1.98. The highest BCUT2D eigenvalue weighted by molar-refractivity contribution is 5.52. The summed E-state index contributed by atoms with van der Waals surface area (Å²) in [4.78, 5) is 11.6. The van der Waals surface area contributed by atoms with Crippen LogP contribution in [0.1, 0.15) is 5.82 Å². The number of aromatic nitrogens is 4. The lowest BCUT2D eigenvalue weighted by molar-refractivity contribution is -0.107. The maximum atomic E-state index is 10.2. The number of hydrogen-bond donors (Lipinski definition) is 0. The van der Waals surface area contributed by atoms with Crippen molar-refractivity contribution in [3.05, 3.63) is 36.2 Å². The first-order chi connectivity index (χ1) is 6.90. The molecule has 0 radical (unpaired) electrons. The maximum Gasteiger partial charge on any atom is 0.182 e. The molecule has 5 nitrogen and oxygen atoms in total.